The minimum Gasteiger partial charge on any atom is -0.494 e. The topological polar surface area (TPSA) is 133 Å². The van der Waals surface area contributed by atoms with E-state index in [0.29, 0.717) is 35.2 Å². The maximum absolute atomic E-state index is 12.3. The van der Waals surface area contributed by atoms with E-state index >= 15 is 0 Å². The van der Waals surface area contributed by atoms with Gasteiger partial charge in [-0.2, -0.15) is 0 Å². The summed E-state index contributed by atoms with van der Waals surface area (Å²) in [5.74, 6) is 0.254. The second kappa shape index (κ2) is 11.2. The van der Waals surface area contributed by atoms with Crippen molar-refractivity contribution in [1.29, 1.82) is 0 Å². The average molecular weight is 552 g/mol. The number of methoxy groups -OCH3 is 2. The van der Waals surface area contributed by atoms with Crippen molar-refractivity contribution in [2.45, 2.75) is 19.0 Å². The van der Waals surface area contributed by atoms with Gasteiger partial charge in [-0.1, -0.05) is 12.1 Å². The SMILES string of the molecule is CCOc1ccc2c(c1)[C@@H](c1ccc(OC)c(OC)c1OCC(=O)O)N(CC(=O)O)[C@@H]2c1ccc2c(c1)OCO2. The number of rotatable bonds is 11. The van der Waals surface area contributed by atoms with E-state index in [9.17, 15) is 19.8 Å². The summed E-state index contributed by atoms with van der Waals surface area (Å²) < 4.78 is 33.7. The Bertz CT molecular complexity index is 1440. The summed E-state index contributed by atoms with van der Waals surface area (Å²) in [6.45, 7) is 1.45. The van der Waals surface area contributed by atoms with E-state index in [-0.39, 0.29) is 24.8 Å². The van der Waals surface area contributed by atoms with Crippen LogP contribution in [0.25, 0.3) is 0 Å². The quantitative estimate of drug-likeness (QED) is 0.360. The molecule has 0 unspecified atom stereocenters. The molecule has 0 radical (unpaired) electrons. The maximum Gasteiger partial charge on any atom is 0.341 e. The molecule has 2 aliphatic rings. The molecule has 2 N–H and O–H groups in total. The molecular formula is C29H29NO10. The summed E-state index contributed by atoms with van der Waals surface area (Å²) in [6.07, 6.45) is 0. The van der Waals surface area contributed by atoms with E-state index < -0.39 is 30.6 Å². The summed E-state index contributed by atoms with van der Waals surface area (Å²) in [5.41, 5.74) is 2.94. The molecule has 3 aromatic carbocycles. The predicted molar refractivity (Wildman–Crippen MR) is 141 cm³/mol. The van der Waals surface area contributed by atoms with E-state index in [0.717, 1.165) is 16.7 Å². The first-order chi connectivity index (χ1) is 19.4. The number of fused-ring (bicyclic) bond motifs is 2. The number of carboxylic acids is 2. The predicted octanol–water partition coefficient (Wildman–Crippen LogP) is 3.87. The normalized spacial score (nSPS) is 17.3. The van der Waals surface area contributed by atoms with Crippen LogP contribution in [0.3, 0.4) is 0 Å². The van der Waals surface area contributed by atoms with Gasteiger partial charge in [-0.25, -0.2) is 4.79 Å². The van der Waals surface area contributed by atoms with E-state index in [1.54, 1.807) is 18.2 Å². The Morgan fingerprint density at radius 1 is 0.850 bits per heavy atom. The fourth-order valence-corrected chi connectivity index (χ4v) is 5.35. The highest BCUT2D eigenvalue weighted by Gasteiger charge is 2.43. The average Bonchev–Trinajstić information content (AvgIpc) is 3.52. The van der Waals surface area contributed by atoms with E-state index in [4.69, 9.17) is 28.4 Å². The number of ether oxygens (including phenoxy) is 6. The van der Waals surface area contributed by atoms with Crippen molar-refractivity contribution in [3.8, 4) is 34.5 Å². The fraction of sp³-hybridized carbons (Fsp3) is 0.310. The van der Waals surface area contributed by atoms with Gasteiger partial charge in [0.05, 0.1) is 39.5 Å². The molecule has 0 fully saturated rings. The van der Waals surface area contributed by atoms with Gasteiger partial charge in [0.25, 0.3) is 0 Å². The molecule has 2 aliphatic heterocycles. The zero-order valence-electron chi connectivity index (χ0n) is 22.2. The van der Waals surface area contributed by atoms with Gasteiger partial charge in [0, 0.05) is 5.56 Å². The Labute approximate surface area is 230 Å². The molecule has 210 valence electrons. The van der Waals surface area contributed by atoms with Crippen LogP contribution in [0.2, 0.25) is 0 Å². The molecule has 0 saturated carbocycles. The lowest BCUT2D eigenvalue weighted by Crippen LogP contribution is -2.33. The summed E-state index contributed by atoms with van der Waals surface area (Å²) in [5, 5.41) is 19.4. The number of carboxylic acid groups (broad SMARTS) is 2. The summed E-state index contributed by atoms with van der Waals surface area (Å²) in [6, 6.07) is 13.4. The first-order valence-corrected chi connectivity index (χ1v) is 12.6. The highest BCUT2D eigenvalue weighted by molar-refractivity contribution is 5.71. The molecule has 0 amide bonds. The summed E-state index contributed by atoms with van der Waals surface area (Å²) in [4.78, 5) is 25.6. The summed E-state index contributed by atoms with van der Waals surface area (Å²) in [7, 11) is 2.89. The van der Waals surface area contributed by atoms with E-state index in [1.807, 2.05) is 42.2 Å². The molecule has 11 nitrogen and oxygen atoms in total. The molecule has 0 saturated heterocycles. The van der Waals surface area contributed by atoms with Crippen LogP contribution in [0, 0.1) is 0 Å². The third-order valence-electron chi connectivity index (χ3n) is 6.82. The Morgan fingerprint density at radius 3 is 2.33 bits per heavy atom. The van der Waals surface area contributed by atoms with Gasteiger partial charge in [-0.3, -0.25) is 9.69 Å². The Kier molecular flexibility index (Phi) is 7.56. The van der Waals surface area contributed by atoms with Crippen molar-refractivity contribution in [3.05, 3.63) is 70.8 Å². The monoisotopic (exact) mass is 551 g/mol. The molecular weight excluding hydrogens is 522 g/mol. The lowest BCUT2D eigenvalue weighted by molar-refractivity contribution is -0.139. The van der Waals surface area contributed by atoms with Gasteiger partial charge < -0.3 is 38.6 Å². The van der Waals surface area contributed by atoms with Gasteiger partial charge in [0.1, 0.15) is 5.75 Å². The molecule has 11 heteroatoms. The summed E-state index contributed by atoms with van der Waals surface area (Å²) >= 11 is 0. The number of carbonyl (C=O) groups is 2. The van der Waals surface area contributed by atoms with Crippen LogP contribution in [-0.4, -0.2) is 67.8 Å². The first-order valence-electron chi connectivity index (χ1n) is 12.6. The van der Waals surface area contributed by atoms with Crippen molar-refractivity contribution in [2.24, 2.45) is 0 Å². The highest BCUT2D eigenvalue weighted by atomic mass is 16.7. The number of aliphatic carboxylic acids is 2. The van der Waals surface area contributed by atoms with Crippen molar-refractivity contribution in [1.82, 2.24) is 4.90 Å². The largest absolute Gasteiger partial charge is 0.494 e. The van der Waals surface area contributed by atoms with Crippen LogP contribution in [-0.2, 0) is 9.59 Å². The van der Waals surface area contributed by atoms with Crippen LogP contribution < -0.4 is 28.4 Å². The van der Waals surface area contributed by atoms with Crippen LogP contribution in [0.1, 0.15) is 41.3 Å². The van der Waals surface area contributed by atoms with Crippen molar-refractivity contribution < 1.29 is 48.2 Å². The molecule has 2 atom stereocenters. The number of hydrogen-bond donors (Lipinski definition) is 2. The van der Waals surface area contributed by atoms with Gasteiger partial charge in [0.15, 0.2) is 29.6 Å². The molecule has 40 heavy (non-hydrogen) atoms. The Morgan fingerprint density at radius 2 is 1.62 bits per heavy atom. The van der Waals surface area contributed by atoms with Crippen LogP contribution in [0.5, 0.6) is 34.5 Å². The second-order valence-corrected chi connectivity index (χ2v) is 9.11. The fourth-order valence-electron chi connectivity index (χ4n) is 5.35. The van der Waals surface area contributed by atoms with Crippen LogP contribution >= 0.6 is 0 Å². The van der Waals surface area contributed by atoms with Crippen molar-refractivity contribution >= 4 is 11.9 Å². The molecule has 0 bridgehead atoms. The zero-order valence-corrected chi connectivity index (χ0v) is 22.2. The third kappa shape index (κ3) is 4.91. The highest BCUT2D eigenvalue weighted by Crippen LogP contribution is 2.54. The van der Waals surface area contributed by atoms with Crippen LogP contribution in [0.4, 0.5) is 0 Å². The lowest BCUT2D eigenvalue weighted by atomic mass is 9.94. The Hall–Kier alpha value is -4.64. The first kappa shape index (κ1) is 26.9. The smallest absolute Gasteiger partial charge is 0.341 e. The maximum atomic E-state index is 12.3. The van der Waals surface area contributed by atoms with Gasteiger partial charge in [0.2, 0.25) is 12.5 Å². The van der Waals surface area contributed by atoms with Crippen molar-refractivity contribution in [3.63, 3.8) is 0 Å². The molecule has 2 heterocycles. The lowest BCUT2D eigenvalue weighted by Gasteiger charge is -2.31. The van der Waals surface area contributed by atoms with E-state index in [2.05, 4.69) is 0 Å². The molecule has 3 aromatic rings. The standard InChI is InChI=1S/C29H29NO10/c1-4-37-17-6-7-18-20(12-17)27(19-8-10-22(35-2)29(36-3)28(19)38-14-25(33)34)30(13-24(31)32)26(18)16-5-9-21-23(11-16)40-15-39-21/h5-12,26-27H,4,13-15H2,1-3H3,(H,31,32)(H,33,34)/t26-,27-/m1/s1. The van der Waals surface area contributed by atoms with Gasteiger partial charge >= 0.3 is 11.9 Å². The number of hydrogen-bond acceptors (Lipinski definition) is 9. The van der Waals surface area contributed by atoms with E-state index in [1.165, 1.54) is 14.2 Å². The number of benzene rings is 3. The molecule has 0 aliphatic carbocycles. The van der Waals surface area contributed by atoms with Crippen LogP contribution in [0.15, 0.2) is 48.5 Å². The van der Waals surface area contributed by atoms with Crippen molar-refractivity contribution in [2.75, 3.05) is 40.8 Å². The minimum atomic E-state index is -1.18. The van der Waals surface area contributed by atoms with Gasteiger partial charge in [-0.15, -0.1) is 0 Å². The molecule has 0 spiro atoms. The Balaban J connectivity index is 1.74. The molecule has 5 rings (SSSR count). The van der Waals surface area contributed by atoms with Gasteiger partial charge in [-0.05, 0) is 60.0 Å². The third-order valence-corrected chi connectivity index (χ3v) is 6.82. The minimum absolute atomic E-state index is 0.106. The second-order valence-electron chi connectivity index (χ2n) is 9.11. The molecule has 0 aromatic heterocycles. The zero-order chi connectivity index (χ0) is 28.4. The number of nitrogens with zero attached hydrogens (tertiary/aromatic N) is 1.